The molecule has 26 heavy (non-hydrogen) atoms. The van der Waals surface area contributed by atoms with E-state index in [1.165, 1.54) is 4.90 Å². The molecule has 1 saturated heterocycles. The number of amides is 1. The highest BCUT2D eigenvalue weighted by Gasteiger charge is 2.33. The Bertz CT molecular complexity index is 1010. The van der Waals surface area contributed by atoms with Crippen LogP contribution < -0.4 is 0 Å². The van der Waals surface area contributed by atoms with Gasteiger partial charge in [0.15, 0.2) is 5.69 Å². The van der Waals surface area contributed by atoms with Crippen molar-refractivity contribution in [3.63, 3.8) is 0 Å². The molecule has 0 saturated carbocycles. The maximum atomic E-state index is 12.7. The summed E-state index contributed by atoms with van der Waals surface area (Å²) in [5.41, 5.74) is 2.54. The predicted octanol–water partition coefficient (Wildman–Crippen LogP) is 1.67. The van der Waals surface area contributed by atoms with Crippen molar-refractivity contribution in [1.82, 2.24) is 24.9 Å². The lowest BCUT2D eigenvalue weighted by atomic mass is 10.1. The van der Waals surface area contributed by atoms with Crippen LogP contribution in [0.5, 0.6) is 0 Å². The van der Waals surface area contributed by atoms with Gasteiger partial charge in [-0.1, -0.05) is 11.3 Å². The molecule has 8 heteroatoms. The van der Waals surface area contributed by atoms with E-state index in [9.17, 15) is 9.59 Å². The average molecular weight is 351 g/mol. The molecule has 0 aliphatic carbocycles. The van der Waals surface area contributed by atoms with Gasteiger partial charge in [0, 0.05) is 24.7 Å². The summed E-state index contributed by atoms with van der Waals surface area (Å²) in [6.07, 6.45) is 2.20. The van der Waals surface area contributed by atoms with E-state index in [4.69, 9.17) is 5.11 Å². The Labute approximate surface area is 149 Å². The van der Waals surface area contributed by atoms with Crippen LogP contribution in [0.4, 0.5) is 0 Å². The predicted molar refractivity (Wildman–Crippen MR) is 93.0 cm³/mol. The number of likely N-dealkylation sites (tertiary alicyclic amines) is 1. The highest BCUT2D eigenvalue weighted by atomic mass is 16.4. The van der Waals surface area contributed by atoms with Crippen molar-refractivity contribution in [3.8, 4) is 5.69 Å². The number of nitrogens with zero attached hydrogens (tertiary/aromatic N) is 5. The highest BCUT2D eigenvalue weighted by molar-refractivity contribution is 5.94. The molecule has 1 atom stereocenters. The molecule has 3 aromatic rings. The molecule has 1 aromatic carbocycles. The third kappa shape index (κ3) is 2.69. The van der Waals surface area contributed by atoms with E-state index in [1.54, 1.807) is 17.8 Å². The molecule has 1 amide bonds. The summed E-state index contributed by atoms with van der Waals surface area (Å²) in [6.45, 7) is 2.41. The van der Waals surface area contributed by atoms with E-state index in [0.29, 0.717) is 18.7 Å². The molecule has 1 aliphatic rings. The molecule has 4 rings (SSSR count). The number of carboxylic acid groups (broad SMARTS) is 1. The summed E-state index contributed by atoms with van der Waals surface area (Å²) in [7, 11) is 0. The summed E-state index contributed by atoms with van der Waals surface area (Å²) >= 11 is 0. The van der Waals surface area contributed by atoms with Gasteiger partial charge in [-0.2, -0.15) is 0 Å². The fraction of sp³-hybridized carbons (Fsp3) is 0.278. The van der Waals surface area contributed by atoms with Crippen molar-refractivity contribution in [2.75, 3.05) is 13.1 Å². The number of aliphatic carboxylic acids is 1. The van der Waals surface area contributed by atoms with Crippen LogP contribution in [0.15, 0.2) is 36.5 Å². The molecule has 8 nitrogen and oxygen atoms in total. The molecule has 1 fully saturated rings. The van der Waals surface area contributed by atoms with Gasteiger partial charge >= 0.3 is 5.97 Å². The number of hydrogen-bond acceptors (Lipinski definition) is 5. The topological polar surface area (TPSA) is 101 Å². The van der Waals surface area contributed by atoms with Gasteiger partial charge in [-0.3, -0.25) is 14.6 Å². The van der Waals surface area contributed by atoms with E-state index >= 15 is 0 Å². The van der Waals surface area contributed by atoms with Crippen molar-refractivity contribution in [1.29, 1.82) is 0 Å². The van der Waals surface area contributed by atoms with Crippen LogP contribution in [0.25, 0.3) is 16.6 Å². The lowest BCUT2D eigenvalue weighted by molar-refractivity contribution is -0.141. The van der Waals surface area contributed by atoms with E-state index in [2.05, 4.69) is 15.3 Å². The van der Waals surface area contributed by atoms with E-state index < -0.39 is 11.9 Å². The van der Waals surface area contributed by atoms with Crippen LogP contribution in [-0.2, 0) is 4.79 Å². The minimum absolute atomic E-state index is 0.210. The Kier molecular flexibility index (Phi) is 3.87. The van der Waals surface area contributed by atoms with Crippen molar-refractivity contribution in [2.24, 2.45) is 5.92 Å². The van der Waals surface area contributed by atoms with Crippen LogP contribution >= 0.6 is 0 Å². The average Bonchev–Trinajstić information content (AvgIpc) is 3.28. The Morgan fingerprint density at radius 1 is 1.27 bits per heavy atom. The number of carbonyl (C=O) groups is 2. The van der Waals surface area contributed by atoms with Crippen LogP contribution in [0.2, 0.25) is 0 Å². The number of rotatable bonds is 3. The van der Waals surface area contributed by atoms with Crippen molar-refractivity contribution < 1.29 is 14.7 Å². The normalized spacial score (nSPS) is 17.0. The second kappa shape index (κ2) is 6.21. The highest BCUT2D eigenvalue weighted by Crippen LogP contribution is 2.22. The minimum Gasteiger partial charge on any atom is -0.481 e. The summed E-state index contributed by atoms with van der Waals surface area (Å²) in [4.78, 5) is 29.6. The number of carboxylic acids is 1. The molecule has 1 N–H and O–H groups in total. The molecule has 3 heterocycles. The van der Waals surface area contributed by atoms with Gasteiger partial charge in [0.25, 0.3) is 5.91 Å². The number of pyridine rings is 1. The molecule has 0 radical (unpaired) electrons. The first-order chi connectivity index (χ1) is 12.5. The first-order valence-electron chi connectivity index (χ1n) is 8.34. The zero-order valence-electron chi connectivity index (χ0n) is 14.2. The number of aromatic nitrogens is 4. The number of hydrogen-bond donors (Lipinski definition) is 1. The molecular formula is C18H17N5O3. The quantitative estimate of drug-likeness (QED) is 0.770. The van der Waals surface area contributed by atoms with Crippen molar-refractivity contribution in [3.05, 3.63) is 47.9 Å². The Hall–Kier alpha value is -3.29. The molecule has 2 aromatic heterocycles. The van der Waals surface area contributed by atoms with E-state index in [0.717, 1.165) is 16.6 Å². The minimum atomic E-state index is -0.870. The van der Waals surface area contributed by atoms with Crippen LogP contribution in [-0.4, -0.2) is 55.0 Å². The molecule has 0 bridgehead atoms. The monoisotopic (exact) mass is 351 g/mol. The summed E-state index contributed by atoms with van der Waals surface area (Å²) < 4.78 is 1.62. The third-order valence-electron chi connectivity index (χ3n) is 4.75. The third-order valence-corrected chi connectivity index (χ3v) is 4.75. The van der Waals surface area contributed by atoms with Gasteiger partial charge < -0.3 is 10.0 Å². The van der Waals surface area contributed by atoms with Crippen molar-refractivity contribution in [2.45, 2.75) is 13.3 Å². The largest absolute Gasteiger partial charge is 0.481 e. The molecule has 1 unspecified atom stereocenters. The summed E-state index contributed by atoms with van der Waals surface area (Å²) in [5.74, 6) is -1.66. The number of carbonyl (C=O) groups excluding carboxylic acids is 1. The number of benzene rings is 1. The van der Waals surface area contributed by atoms with Crippen LogP contribution in [0.1, 0.15) is 22.6 Å². The maximum absolute atomic E-state index is 12.7. The standard InChI is InChI=1S/C18H17N5O3/c1-11-16(17(24)22-8-6-13(10-22)18(25)26)20-21-23(11)14-4-5-15-12(9-14)3-2-7-19-15/h2-5,7,9,13H,6,8,10H2,1H3,(H,25,26). The summed E-state index contributed by atoms with van der Waals surface area (Å²) in [5, 5.41) is 18.2. The molecule has 0 spiro atoms. The molecule has 1 aliphatic heterocycles. The zero-order valence-corrected chi connectivity index (χ0v) is 14.2. The van der Waals surface area contributed by atoms with E-state index in [-0.39, 0.29) is 18.1 Å². The number of fused-ring (bicyclic) bond motifs is 1. The van der Waals surface area contributed by atoms with Gasteiger partial charge in [-0.05, 0) is 37.6 Å². The Morgan fingerprint density at radius 2 is 2.12 bits per heavy atom. The summed E-state index contributed by atoms with van der Waals surface area (Å²) in [6, 6.07) is 9.53. The SMILES string of the molecule is Cc1c(C(=O)N2CCC(C(=O)O)C2)nnn1-c1ccc2ncccc2c1. The molecular weight excluding hydrogens is 334 g/mol. The first kappa shape index (κ1) is 16.2. The Balaban J connectivity index is 1.63. The van der Waals surface area contributed by atoms with Crippen LogP contribution in [0, 0.1) is 12.8 Å². The maximum Gasteiger partial charge on any atom is 0.308 e. The smallest absolute Gasteiger partial charge is 0.308 e. The van der Waals surface area contributed by atoms with Gasteiger partial charge in [-0.25, -0.2) is 4.68 Å². The first-order valence-corrected chi connectivity index (χ1v) is 8.34. The second-order valence-electron chi connectivity index (χ2n) is 6.39. The van der Waals surface area contributed by atoms with Gasteiger partial charge in [0.05, 0.1) is 22.8 Å². The van der Waals surface area contributed by atoms with Crippen LogP contribution in [0.3, 0.4) is 0 Å². The van der Waals surface area contributed by atoms with Crippen molar-refractivity contribution >= 4 is 22.8 Å². The van der Waals surface area contributed by atoms with Gasteiger partial charge in [0.1, 0.15) is 0 Å². The fourth-order valence-electron chi connectivity index (χ4n) is 3.26. The van der Waals surface area contributed by atoms with E-state index in [1.807, 2.05) is 30.3 Å². The lowest BCUT2D eigenvalue weighted by Crippen LogP contribution is -2.30. The van der Waals surface area contributed by atoms with Gasteiger partial charge in [-0.15, -0.1) is 5.10 Å². The molecule has 132 valence electrons. The zero-order chi connectivity index (χ0) is 18.3. The lowest BCUT2D eigenvalue weighted by Gasteiger charge is -2.14. The van der Waals surface area contributed by atoms with Gasteiger partial charge in [0.2, 0.25) is 0 Å². The Morgan fingerprint density at radius 3 is 2.88 bits per heavy atom. The second-order valence-corrected chi connectivity index (χ2v) is 6.39. The fourth-order valence-corrected chi connectivity index (χ4v) is 3.26.